The molecule has 1 aliphatic heterocycles. The van der Waals surface area contributed by atoms with Gasteiger partial charge in [0.25, 0.3) is 0 Å². The number of carbonyl (C=O) groups is 1. The lowest BCUT2D eigenvalue weighted by Gasteiger charge is -2.24. The van der Waals surface area contributed by atoms with Gasteiger partial charge in [0.15, 0.2) is 0 Å². The number of rotatable bonds is 5. The first kappa shape index (κ1) is 13.9. The summed E-state index contributed by atoms with van der Waals surface area (Å²) in [5.41, 5.74) is 1.10. The number of carbonyl (C=O) groups excluding carboxylic acids is 1. The molecule has 0 saturated carbocycles. The highest BCUT2D eigenvalue weighted by Gasteiger charge is 2.14. The molecule has 1 saturated heterocycles. The lowest BCUT2D eigenvalue weighted by atomic mass is 10.1. The molecular weight excluding hydrogens is 242 g/mol. The maximum atomic E-state index is 11.1. The first-order valence-corrected chi connectivity index (χ1v) is 6.81. The van der Waals surface area contributed by atoms with Gasteiger partial charge in [-0.2, -0.15) is 0 Å². The van der Waals surface area contributed by atoms with Crippen molar-refractivity contribution in [2.45, 2.75) is 31.8 Å². The Hall–Kier alpha value is -1.55. The Bertz CT molecular complexity index is 414. The number of hydrogen-bond acceptors (Lipinski definition) is 4. The fourth-order valence-electron chi connectivity index (χ4n) is 2.24. The maximum absolute atomic E-state index is 11.1. The second-order valence-electron chi connectivity index (χ2n) is 4.81. The van der Waals surface area contributed by atoms with Crippen LogP contribution in [0.3, 0.4) is 0 Å². The first-order chi connectivity index (χ1) is 9.28. The Kier molecular flexibility index (Phi) is 5.21. The number of ether oxygens (including phenoxy) is 2. The van der Waals surface area contributed by atoms with Gasteiger partial charge < -0.3 is 14.8 Å². The van der Waals surface area contributed by atoms with Crippen molar-refractivity contribution in [3.8, 4) is 5.75 Å². The minimum absolute atomic E-state index is 0.178. The molecule has 0 aromatic heterocycles. The summed E-state index contributed by atoms with van der Waals surface area (Å²) in [5, 5.41) is 3.33. The normalized spacial score (nSPS) is 18.9. The van der Waals surface area contributed by atoms with Gasteiger partial charge in [-0.3, -0.25) is 4.79 Å². The lowest BCUT2D eigenvalue weighted by Crippen LogP contribution is -2.37. The van der Waals surface area contributed by atoms with Crippen LogP contribution in [-0.4, -0.2) is 32.3 Å². The standard InChI is InChI=1S/C15H21NO3/c1-18-15(17)8-7-12-4-2-5-13(10-12)19-14-6-3-9-16-11-14/h2,4-5,10,14,16H,3,6-9,11H2,1H3. The highest BCUT2D eigenvalue weighted by atomic mass is 16.5. The van der Waals surface area contributed by atoms with E-state index in [0.29, 0.717) is 12.8 Å². The van der Waals surface area contributed by atoms with Crippen LogP contribution < -0.4 is 10.1 Å². The van der Waals surface area contributed by atoms with Crippen molar-refractivity contribution in [2.75, 3.05) is 20.2 Å². The Balaban J connectivity index is 1.88. The van der Waals surface area contributed by atoms with E-state index in [1.54, 1.807) is 0 Å². The minimum atomic E-state index is -0.178. The van der Waals surface area contributed by atoms with E-state index in [-0.39, 0.29) is 12.1 Å². The van der Waals surface area contributed by atoms with Gasteiger partial charge in [0.1, 0.15) is 11.9 Å². The first-order valence-electron chi connectivity index (χ1n) is 6.81. The molecule has 0 radical (unpaired) electrons. The quantitative estimate of drug-likeness (QED) is 0.825. The fourth-order valence-corrected chi connectivity index (χ4v) is 2.24. The molecule has 1 fully saturated rings. The van der Waals surface area contributed by atoms with Crippen LogP contribution in [0.2, 0.25) is 0 Å². The van der Waals surface area contributed by atoms with Crippen LogP contribution in [0, 0.1) is 0 Å². The Morgan fingerprint density at radius 2 is 2.37 bits per heavy atom. The van der Waals surface area contributed by atoms with E-state index in [9.17, 15) is 4.79 Å². The highest BCUT2D eigenvalue weighted by Crippen LogP contribution is 2.18. The van der Waals surface area contributed by atoms with Crippen LogP contribution in [-0.2, 0) is 16.0 Å². The summed E-state index contributed by atoms with van der Waals surface area (Å²) in [6.45, 7) is 1.99. The van der Waals surface area contributed by atoms with Crippen molar-refractivity contribution < 1.29 is 14.3 Å². The fraction of sp³-hybridized carbons (Fsp3) is 0.533. The highest BCUT2D eigenvalue weighted by molar-refractivity contribution is 5.69. The Morgan fingerprint density at radius 3 is 3.11 bits per heavy atom. The summed E-state index contributed by atoms with van der Waals surface area (Å²) in [6.07, 6.45) is 3.61. The van der Waals surface area contributed by atoms with Crippen molar-refractivity contribution in [1.29, 1.82) is 0 Å². The van der Waals surface area contributed by atoms with E-state index >= 15 is 0 Å². The number of piperidine rings is 1. The monoisotopic (exact) mass is 263 g/mol. The zero-order valence-corrected chi connectivity index (χ0v) is 11.4. The second-order valence-corrected chi connectivity index (χ2v) is 4.81. The molecule has 0 aliphatic carbocycles. The van der Waals surface area contributed by atoms with Gasteiger partial charge in [-0.1, -0.05) is 12.1 Å². The average Bonchev–Trinajstić information content (AvgIpc) is 2.46. The van der Waals surface area contributed by atoms with Crippen molar-refractivity contribution >= 4 is 5.97 Å². The molecule has 0 spiro atoms. The minimum Gasteiger partial charge on any atom is -0.489 e. The van der Waals surface area contributed by atoms with Crippen LogP contribution in [0.25, 0.3) is 0 Å². The number of benzene rings is 1. The van der Waals surface area contributed by atoms with E-state index in [4.69, 9.17) is 4.74 Å². The number of esters is 1. The van der Waals surface area contributed by atoms with Gasteiger partial charge >= 0.3 is 5.97 Å². The van der Waals surface area contributed by atoms with Gasteiger partial charge in [-0.05, 0) is 43.5 Å². The third-order valence-electron chi connectivity index (χ3n) is 3.30. The molecule has 104 valence electrons. The summed E-state index contributed by atoms with van der Waals surface area (Å²) < 4.78 is 10.6. The summed E-state index contributed by atoms with van der Waals surface area (Å²) in [5.74, 6) is 0.707. The molecule has 4 nitrogen and oxygen atoms in total. The lowest BCUT2D eigenvalue weighted by molar-refractivity contribution is -0.140. The summed E-state index contributed by atoms with van der Waals surface area (Å²) in [4.78, 5) is 11.1. The molecule has 0 bridgehead atoms. The number of aryl methyl sites for hydroxylation is 1. The molecular formula is C15H21NO3. The summed E-state index contributed by atoms with van der Waals surface area (Å²) >= 11 is 0. The largest absolute Gasteiger partial charge is 0.489 e. The van der Waals surface area contributed by atoms with Crippen LogP contribution in [0.1, 0.15) is 24.8 Å². The zero-order valence-electron chi connectivity index (χ0n) is 11.4. The zero-order chi connectivity index (χ0) is 13.5. The van der Waals surface area contributed by atoms with Gasteiger partial charge in [0.05, 0.1) is 7.11 Å². The third kappa shape index (κ3) is 4.56. The molecule has 1 aliphatic rings. The molecule has 19 heavy (non-hydrogen) atoms. The number of methoxy groups -OCH3 is 1. The summed E-state index contributed by atoms with van der Waals surface area (Å²) in [7, 11) is 1.41. The molecule has 0 amide bonds. The Morgan fingerprint density at radius 1 is 1.47 bits per heavy atom. The molecule has 1 unspecified atom stereocenters. The van der Waals surface area contributed by atoms with E-state index < -0.39 is 0 Å². The van der Waals surface area contributed by atoms with E-state index in [1.807, 2.05) is 24.3 Å². The molecule has 1 aromatic carbocycles. The van der Waals surface area contributed by atoms with E-state index in [1.165, 1.54) is 7.11 Å². The number of nitrogens with one attached hydrogen (secondary N) is 1. The number of hydrogen-bond donors (Lipinski definition) is 1. The molecule has 1 aromatic rings. The molecule has 1 N–H and O–H groups in total. The second kappa shape index (κ2) is 7.14. The summed E-state index contributed by atoms with van der Waals surface area (Å²) in [6, 6.07) is 7.96. The van der Waals surface area contributed by atoms with Crippen LogP contribution in [0.15, 0.2) is 24.3 Å². The van der Waals surface area contributed by atoms with Gasteiger partial charge in [0.2, 0.25) is 0 Å². The smallest absolute Gasteiger partial charge is 0.305 e. The van der Waals surface area contributed by atoms with E-state index in [0.717, 1.165) is 37.2 Å². The van der Waals surface area contributed by atoms with Crippen molar-refractivity contribution in [2.24, 2.45) is 0 Å². The van der Waals surface area contributed by atoms with Gasteiger partial charge in [-0.25, -0.2) is 0 Å². The maximum Gasteiger partial charge on any atom is 0.305 e. The predicted molar refractivity (Wildman–Crippen MR) is 73.3 cm³/mol. The van der Waals surface area contributed by atoms with E-state index in [2.05, 4.69) is 10.1 Å². The molecule has 1 heterocycles. The van der Waals surface area contributed by atoms with Crippen molar-refractivity contribution in [1.82, 2.24) is 5.32 Å². The van der Waals surface area contributed by atoms with Crippen LogP contribution in [0.5, 0.6) is 5.75 Å². The van der Waals surface area contributed by atoms with Crippen LogP contribution >= 0.6 is 0 Å². The average molecular weight is 263 g/mol. The SMILES string of the molecule is COC(=O)CCc1cccc(OC2CCCNC2)c1. The Labute approximate surface area is 114 Å². The molecule has 4 heteroatoms. The molecule has 2 rings (SSSR count). The predicted octanol–water partition coefficient (Wildman–Crippen LogP) is 1.92. The van der Waals surface area contributed by atoms with Crippen molar-refractivity contribution in [3.05, 3.63) is 29.8 Å². The molecule has 1 atom stereocenters. The van der Waals surface area contributed by atoms with Crippen LogP contribution in [0.4, 0.5) is 0 Å². The van der Waals surface area contributed by atoms with Gasteiger partial charge in [-0.15, -0.1) is 0 Å². The topological polar surface area (TPSA) is 47.6 Å². The van der Waals surface area contributed by atoms with Gasteiger partial charge in [0, 0.05) is 13.0 Å². The van der Waals surface area contributed by atoms with Crippen molar-refractivity contribution in [3.63, 3.8) is 0 Å². The third-order valence-corrected chi connectivity index (χ3v) is 3.30.